The van der Waals surface area contributed by atoms with Gasteiger partial charge in [0.25, 0.3) is 5.91 Å². The minimum absolute atomic E-state index is 0.107. The van der Waals surface area contributed by atoms with Crippen molar-refractivity contribution in [2.75, 3.05) is 17.6 Å². The fraction of sp³-hybridized carbons (Fsp3) is 0.538. The van der Waals surface area contributed by atoms with E-state index in [2.05, 4.69) is 15.6 Å². The smallest absolute Gasteiger partial charge is 0.265 e. The minimum atomic E-state index is -0.165. The first kappa shape index (κ1) is 15.5. The van der Waals surface area contributed by atoms with Gasteiger partial charge in [0.05, 0.1) is 0 Å². The second kappa shape index (κ2) is 6.56. The van der Waals surface area contributed by atoms with Gasteiger partial charge in [0.1, 0.15) is 10.7 Å². The molecule has 106 valence electrons. The van der Waals surface area contributed by atoms with Gasteiger partial charge in [-0.3, -0.25) is 4.79 Å². The van der Waals surface area contributed by atoms with E-state index in [4.69, 9.17) is 5.73 Å². The Labute approximate surface area is 118 Å². The quantitative estimate of drug-likeness (QED) is 0.573. The van der Waals surface area contributed by atoms with Gasteiger partial charge in [0.2, 0.25) is 0 Å². The highest BCUT2D eigenvalue weighted by Crippen LogP contribution is 2.26. The maximum absolute atomic E-state index is 11.9. The van der Waals surface area contributed by atoms with Gasteiger partial charge in [-0.1, -0.05) is 23.5 Å². The molecule has 0 aromatic carbocycles. The van der Waals surface area contributed by atoms with Gasteiger partial charge < -0.3 is 16.4 Å². The third kappa shape index (κ3) is 5.30. The summed E-state index contributed by atoms with van der Waals surface area (Å²) in [6.45, 7) is 8.64. The first-order chi connectivity index (χ1) is 8.83. The van der Waals surface area contributed by atoms with Crippen molar-refractivity contribution in [1.82, 2.24) is 10.3 Å². The van der Waals surface area contributed by atoms with Crippen LogP contribution in [0.4, 0.5) is 10.9 Å². The molecule has 5 nitrogen and oxygen atoms in total. The third-order valence-electron chi connectivity index (χ3n) is 2.17. The van der Waals surface area contributed by atoms with Crippen molar-refractivity contribution in [1.29, 1.82) is 0 Å². The van der Waals surface area contributed by atoms with Crippen molar-refractivity contribution >= 4 is 28.2 Å². The highest BCUT2D eigenvalue weighted by atomic mass is 32.1. The Morgan fingerprint density at radius 1 is 1.47 bits per heavy atom. The molecule has 0 spiro atoms. The Kier molecular flexibility index (Phi) is 5.35. The number of anilines is 2. The van der Waals surface area contributed by atoms with Gasteiger partial charge >= 0.3 is 0 Å². The van der Waals surface area contributed by atoms with E-state index in [-0.39, 0.29) is 17.3 Å². The van der Waals surface area contributed by atoms with E-state index in [9.17, 15) is 4.79 Å². The molecule has 0 radical (unpaired) electrons. The van der Waals surface area contributed by atoms with E-state index >= 15 is 0 Å². The van der Waals surface area contributed by atoms with E-state index in [0.29, 0.717) is 16.6 Å². The van der Waals surface area contributed by atoms with Crippen molar-refractivity contribution in [2.45, 2.75) is 39.7 Å². The summed E-state index contributed by atoms with van der Waals surface area (Å²) in [6.07, 6.45) is 4.77. The molecular weight excluding hydrogens is 260 g/mol. The molecule has 1 aromatic rings. The summed E-state index contributed by atoms with van der Waals surface area (Å²) >= 11 is 1.28. The molecule has 0 aliphatic rings. The lowest BCUT2D eigenvalue weighted by Crippen LogP contribution is -2.25. The van der Waals surface area contributed by atoms with E-state index in [1.807, 2.05) is 39.8 Å². The number of nitrogens with two attached hydrogens (primary N) is 1. The molecule has 4 N–H and O–H groups in total. The maximum Gasteiger partial charge on any atom is 0.265 e. The van der Waals surface area contributed by atoms with Crippen molar-refractivity contribution in [3.8, 4) is 0 Å². The van der Waals surface area contributed by atoms with Crippen molar-refractivity contribution in [3.05, 3.63) is 17.0 Å². The molecule has 1 rings (SSSR count). The molecule has 6 heteroatoms. The van der Waals surface area contributed by atoms with Crippen molar-refractivity contribution in [3.63, 3.8) is 0 Å². The number of amides is 1. The predicted octanol–water partition coefficient (Wildman–Crippen LogP) is 2.63. The number of carbonyl (C=O) groups excluding carboxylic acids is 1. The number of thiazole rings is 1. The number of hydrogen-bond acceptors (Lipinski definition) is 5. The summed E-state index contributed by atoms with van der Waals surface area (Å²) in [5.74, 6) is 0.113. The summed E-state index contributed by atoms with van der Waals surface area (Å²) in [6, 6.07) is 0. The third-order valence-corrected chi connectivity index (χ3v) is 3.16. The zero-order chi connectivity index (χ0) is 14.5. The van der Waals surface area contributed by atoms with E-state index in [1.54, 1.807) is 0 Å². The van der Waals surface area contributed by atoms with Crippen LogP contribution in [0.1, 0.15) is 43.8 Å². The van der Waals surface area contributed by atoms with Crippen LogP contribution in [-0.4, -0.2) is 23.0 Å². The summed E-state index contributed by atoms with van der Waals surface area (Å²) in [5, 5.41) is 6.70. The Hall–Kier alpha value is -1.56. The van der Waals surface area contributed by atoms with Crippen LogP contribution in [0.3, 0.4) is 0 Å². The van der Waals surface area contributed by atoms with Crippen LogP contribution in [0.15, 0.2) is 12.2 Å². The Bertz CT molecular complexity index is 460. The summed E-state index contributed by atoms with van der Waals surface area (Å²) in [5.41, 5.74) is 5.67. The minimum Gasteiger partial charge on any atom is -0.382 e. The predicted molar refractivity (Wildman–Crippen MR) is 81.7 cm³/mol. The van der Waals surface area contributed by atoms with Crippen molar-refractivity contribution < 1.29 is 4.79 Å². The molecule has 1 aromatic heterocycles. The van der Waals surface area contributed by atoms with Gasteiger partial charge in [-0.05, 0) is 34.1 Å². The molecule has 0 fully saturated rings. The normalized spacial score (nSPS) is 11.8. The second-order valence-corrected chi connectivity index (χ2v) is 6.22. The molecule has 0 unspecified atom stereocenters. The lowest BCUT2D eigenvalue weighted by molar-refractivity contribution is 0.0959. The largest absolute Gasteiger partial charge is 0.382 e. The summed E-state index contributed by atoms with van der Waals surface area (Å²) in [7, 11) is 0. The highest BCUT2D eigenvalue weighted by Gasteiger charge is 2.18. The number of aromatic nitrogens is 1. The molecule has 0 saturated carbocycles. The molecular formula is C13H22N4OS. The number of allylic oxidation sites excluding steroid dienone is 1. The standard InChI is InChI=1S/C13H22N4OS/c1-5-6-7-8-15-11(18)9-10(14)16-12(19-9)17-13(2,3)4/h5-6H,7-8,14H2,1-4H3,(H,15,18)(H,16,17)/b6-5+. The van der Waals surface area contributed by atoms with E-state index in [1.165, 1.54) is 11.3 Å². The number of nitrogens with one attached hydrogen (secondary N) is 2. The van der Waals surface area contributed by atoms with Crippen LogP contribution in [0.2, 0.25) is 0 Å². The van der Waals surface area contributed by atoms with Crippen LogP contribution in [0.5, 0.6) is 0 Å². The van der Waals surface area contributed by atoms with Crippen LogP contribution < -0.4 is 16.4 Å². The average molecular weight is 282 g/mol. The van der Waals surface area contributed by atoms with Gasteiger partial charge in [-0.2, -0.15) is 0 Å². The summed E-state index contributed by atoms with van der Waals surface area (Å²) < 4.78 is 0. The monoisotopic (exact) mass is 282 g/mol. The number of nitrogens with zero attached hydrogens (tertiary/aromatic N) is 1. The number of hydrogen-bond donors (Lipinski definition) is 3. The lowest BCUT2D eigenvalue weighted by atomic mass is 10.1. The lowest BCUT2D eigenvalue weighted by Gasteiger charge is -2.19. The fourth-order valence-corrected chi connectivity index (χ4v) is 2.39. The highest BCUT2D eigenvalue weighted by molar-refractivity contribution is 7.18. The molecule has 0 saturated heterocycles. The number of rotatable bonds is 5. The molecule has 0 aliphatic heterocycles. The molecule has 0 aliphatic carbocycles. The number of carbonyl (C=O) groups is 1. The Morgan fingerprint density at radius 3 is 2.74 bits per heavy atom. The van der Waals surface area contributed by atoms with Gasteiger partial charge in [0, 0.05) is 12.1 Å². The zero-order valence-electron chi connectivity index (χ0n) is 11.9. The van der Waals surface area contributed by atoms with Gasteiger partial charge in [-0.15, -0.1) is 0 Å². The topological polar surface area (TPSA) is 80.0 Å². The fourth-order valence-electron chi connectivity index (χ4n) is 1.38. The van der Waals surface area contributed by atoms with Gasteiger partial charge in [-0.25, -0.2) is 4.98 Å². The van der Waals surface area contributed by atoms with E-state index < -0.39 is 0 Å². The average Bonchev–Trinajstić information content (AvgIpc) is 2.63. The summed E-state index contributed by atoms with van der Waals surface area (Å²) in [4.78, 5) is 16.6. The number of nitrogen functional groups attached to an aromatic ring is 1. The van der Waals surface area contributed by atoms with Crippen LogP contribution in [0, 0.1) is 0 Å². The zero-order valence-corrected chi connectivity index (χ0v) is 12.7. The first-order valence-corrected chi connectivity index (χ1v) is 7.09. The first-order valence-electron chi connectivity index (χ1n) is 6.27. The second-order valence-electron chi connectivity index (χ2n) is 5.22. The Morgan fingerprint density at radius 2 is 2.16 bits per heavy atom. The maximum atomic E-state index is 11.9. The molecule has 0 bridgehead atoms. The molecule has 19 heavy (non-hydrogen) atoms. The molecule has 0 atom stereocenters. The Balaban J connectivity index is 2.65. The molecule has 1 amide bonds. The van der Waals surface area contributed by atoms with E-state index in [0.717, 1.165) is 6.42 Å². The van der Waals surface area contributed by atoms with Crippen LogP contribution >= 0.6 is 11.3 Å². The SMILES string of the molecule is C/C=C/CCNC(=O)c1sc(NC(C)(C)C)nc1N. The molecule has 1 heterocycles. The van der Waals surface area contributed by atoms with Crippen LogP contribution in [0.25, 0.3) is 0 Å². The van der Waals surface area contributed by atoms with Gasteiger partial charge in [0.15, 0.2) is 5.13 Å². The van der Waals surface area contributed by atoms with Crippen LogP contribution in [-0.2, 0) is 0 Å². The van der Waals surface area contributed by atoms with Crippen molar-refractivity contribution in [2.24, 2.45) is 0 Å².